The fraction of sp³-hybridized carbons (Fsp3) is 0.143. The van der Waals surface area contributed by atoms with Crippen LogP contribution in [0, 0.1) is 6.92 Å². The average molecular weight is 283 g/mol. The number of aliphatic hydroxyl groups excluding tert-OH is 1. The van der Waals surface area contributed by atoms with E-state index in [-0.39, 0.29) is 6.61 Å². The zero-order valence-corrected chi connectivity index (χ0v) is 11.3. The van der Waals surface area contributed by atoms with Crippen LogP contribution in [0.4, 0.5) is 0 Å². The Bertz CT molecular complexity index is 568. The van der Waals surface area contributed by atoms with Gasteiger partial charge < -0.3 is 9.84 Å². The molecule has 0 bridgehead atoms. The largest absolute Gasteiger partial charge is 0.455 e. The van der Waals surface area contributed by atoms with E-state index >= 15 is 0 Å². The molecule has 0 saturated heterocycles. The molecule has 18 heavy (non-hydrogen) atoms. The molecule has 0 saturated carbocycles. The summed E-state index contributed by atoms with van der Waals surface area (Å²) < 4.78 is 5.69. The molecule has 2 aromatic carbocycles. The Morgan fingerprint density at radius 2 is 1.89 bits per heavy atom. The van der Waals surface area contributed by atoms with E-state index in [2.05, 4.69) is 0 Å². The molecule has 94 valence electrons. The molecule has 0 aliphatic rings. The summed E-state index contributed by atoms with van der Waals surface area (Å²) in [5.41, 5.74) is 1.77. The highest BCUT2D eigenvalue weighted by molar-refractivity contribution is 6.42. The average Bonchev–Trinajstić information content (AvgIpc) is 2.37. The molecule has 4 heteroatoms. The van der Waals surface area contributed by atoms with Gasteiger partial charge in [-0.3, -0.25) is 0 Å². The summed E-state index contributed by atoms with van der Waals surface area (Å²) in [6.07, 6.45) is 0. The minimum Gasteiger partial charge on any atom is -0.455 e. The van der Waals surface area contributed by atoms with E-state index in [9.17, 15) is 5.11 Å². The molecule has 2 nitrogen and oxygen atoms in total. The van der Waals surface area contributed by atoms with Crippen molar-refractivity contribution in [1.82, 2.24) is 0 Å². The van der Waals surface area contributed by atoms with E-state index in [1.54, 1.807) is 24.3 Å². The van der Waals surface area contributed by atoms with E-state index in [0.29, 0.717) is 27.1 Å². The van der Waals surface area contributed by atoms with Crippen molar-refractivity contribution in [3.8, 4) is 11.5 Å². The molecule has 2 rings (SSSR count). The van der Waals surface area contributed by atoms with E-state index < -0.39 is 0 Å². The molecule has 0 atom stereocenters. The third-order valence-electron chi connectivity index (χ3n) is 2.52. The molecule has 2 aromatic rings. The van der Waals surface area contributed by atoms with Crippen molar-refractivity contribution in [2.45, 2.75) is 13.5 Å². The highest BCUT2D eigenvalue weighted by Gasteiger charge is 2.09. The van der Waals surface area contributed by atoms with Gasteiger partial charge in [-0.05, 0) is 25.1 Å². The molecule has 0 spiro atoms. The summed E-state index contributed by atoms with van der Waals surface area (Å²) in [5, 5.41) is 10.1. The number of aryl methyl sites for hydroxylation is 1. The monoisotopic (exact) mass is 282 g/mol. The van der Waals surface area contributed by atoms with Crippen LogP contribution in [0.3, 0.4) is 0 Å². The SMILES string of the molecule is Cc1ccc(Oc2cccc(Cl)c2Cl)c(CO)c1. The number of benzene rings is 2. The van der Waals surface area contributed by atoms with Gasteiger partial charge in [-0.1, -0.05) is 47.0 Å². The van der Waals surface area contributed by atoms with Gasteiger partial charge in [-0.25, -0.2) is 0 Å². The quantitative estimate of drug-likeness (QED) is 0.893. The zero-order chi connectivity index (χ0) is 13.1. The van der Waals surface area contributed by atoms with Crippen LogP contribution in [-0.2, 0) is 6.61 Å². The van der Waals surface area contributed by atoms with Crippen LogP contribution in [0.1, 0.15) is 11.1 Å². The molecule has 0 unspecified atom stereocenters. The molecule has 0 aliphatic heterocycles. The van der Waals surface area contributed by atoms with Crippen LogP contribution < -0.4 is 4.74 Å². The third kappa shape index (κ3) is 2.78. The van der Waals surface area contributed by atoms with Crippen molar-refractivity contribution in [3.05, 3.63) is 57.6 Å². The summed E-state index contributed by atoms with van der Waals surface area (Å²) in [5.74, 6) is 1.05. The van der Waals surface area contributed by atoms with Gasteiger partial charge in [0.05, 0.1) is 11.6 Å². The maximum Gasteiger partial charge on any atom is 0.147 e. The fourth-order valence-corrected chi connectivity index (χ4v) is 1.94. The van der Waals surface area contributed by atoms with Crippen LogP contribution >= 0.6 is 23.2 Å². The molecule has 0 radical (unpaired) electrons. The van der Waals surface area contributed by atoms with Crippen molar-refractivity contribution in [2.75, 3.05) is 0 Å². The predicted molar refractivity (Wildman–Crippen MR) is 73.6 cm³/mol. The van der Waals surface area contributed by atoms with Crippen LogP contribution in [0.15, 0.2) is 36.4 Å². The number of hydrogen-bond acceptors (Lipinski definition) is 2. The first-order valence-corrected chi connectivity index (χ1v) is 6.19. The lowest BCUT2D eigenvalue weighted by molar-refractivity contribution is 0.276. The molecule has 1 N–H and O–H groups in total. The Morgan fingerprint density at radius 1 is 1.11 bits per heavy atom. The number of halogens is 2. The standard InChI is InChI=1S/C14H12Cl2O2/c1-9-5-6-12(10(7-9)8-17)18-13-4-2-3-11(15)14(13)16/h2-7,17H,8H2,1H3. The Balaban J connectivity index is 2.37. The second-order valence-corrected chi connectivity index (χ2v) is 4.71. The first-order chi connectivity index (χ1) is 8.61. The van der Waals surface area contributed by atoms with Gasteiger partial charge in [0, 0.05) is 5.56 Å². The van der Waals surface area contributed by atoms with Gasteiger partial charge in [0.15, 0.2) is 0 Å². The number of rotatable bonds is 3. The smallest absolute Gasteiger partial charge is 0.147 e. The zero-order valence-electron chi connectivity index (χ0n) is 9.78. The summed E-state index contributed by atoms with van der Waals surface area (Å²) >= 11 is 12.0. The maximum atomic E-state index is 9.31. The Kier molecular flexibility index (Phi) is 4.12. The van der Waals surface area contributed by atoms with E-state index in [1.807, 2.05) is 19.1 Å². The van der Waals surface area contributed by atoms with Crippen molar-refractivity contribution in [1.29, 1.82) is 0 Å². The second kappa shape index (κ2) is 5.61. The van der Waals surface area contributed by atoms with Gasteiger partial charge >= 0.3 is 0 Å². The minimum atomic E-state index is -0.0881. The van der Waals surface area contributed by atoms with E-state index in [4.69, 9.17) is 27.9 Å². The molecular weight excluding hydrogens is 271 g/mol. The molecule has 0 heterocycles. The number of aliphatic hydroxyl groups is 1. The highest BCUT2D eigenvalue weighted by Crippen LogP contribution is 2.35. The summed E-state index contributed by atoms with van der Waals surface area (Å²) in [6, 6.07) is 10.8. The Labute approximate surface area is 116 Å². The predicted octanol–water partition coefficient (Wildman–Crippen LogP) is 4.59. The lowest BCUT2D eigenvalue weighted by Gasteiger charge is -2.12. The molecule has 0 fully saturated rings. The second-order valence-electron chi connectivity index (χ2n) is 3.92. The van der Waals surface area contributed by atoms with Gasteiger partial charge in [0.25, 0.3) is 0 Å². The van der Waals surface area contributed by atoms with Crippen LogP contribution in [-0.4, -0.2) is 5.11 Å². The number of ether oxygens (including phenoxy) is 1. The topological polar surface area (TPSA) is 29.5 Å². The van der Waals surface area contributed by atoms with Crippen molar-refractivity contribution in [2.24, 2.45) is 0 Å². The molecule has 0 aliphatic carbocycles. The van der Waals surface area contributed by atoms with Gasteiger partial charge in [-0.15, -0.1) is 0 Å². The first-order valence-electron chi connectivity index (χ1n) is 5.44. The summed E-state index contributed by atoms with van der Waals surface area (Å²) in [4.78, 5) is 0. The van der Waals surface area contributed by atoms with Gasteiger partial charge in [0.2, 0.25) is 0 Å². The molecular formula is C14H12Cl2O2. The molecule has 0 amide bonds. The fourth-order valence-electron chi connectivity index (χ4n) is 1.61. The number of hydrogen-bond donors (Lipinski definition) is 1. The normalized spacial score (nSPS) is 10.4. The van der Waals surface area contributed by atoms with Crippen molar-refractivity contribution in [3.63, 3.8) is 0 Å². The molecule has 0 aromatic heterocycles. The van der Waals surface area contributed by atoms with E-state index in [0.717, 1.165) is 5.56 Å². The minimum absolute atomic E-state index is 0.0881. The maximum absolute atomic E-state index is 9.31. The highest BCUT2D eigenvalue weighted by atomic mass is 35.5. The van der Waals surface area contributed by atoms with Crippen LogP contribution in [0.2, 0.25) is 10.0 Å². The van der Waals surface area contributed by atoms with Crippen LogP contribution in [0.25, 0.3) is 0 Å². The Hall–Kier alpha value is -1.22. The van der Waals surface area contributed by atoms with Gasteiger partial charge in [-0.2, -0.15) is 0 Å². The van der Waals surface area contributed by atoms with Gasteiger partial charge in [0.1, 0.15) is 16.5 Å². The summed E-state index contributed by atoms with van der Waals surface area (Å²) in [7, 11) is 0. The van der Waals surface area contributed by atoms with E-state index in [1.165, 1.54) is 0 Å². The third-order valence-corrected chi connectivity index (χ3v) is 3.32. The van der Waals surface area contributed by atoms with Crippen LogP contribution in [0.5, 0.6) is 11.5 Å². The Morgan fingerprint density at radius 3 is 2.61 bits per heavy atom. The first kappa shape index (κ1) is 13.2. The van der Waals surface area contributed by atoms with Crippen molar-refractivity contribution < 1.29 is 9.84 Å². The van der Waals surface area contributed by atoms with Crippen molar-refractivity contribution >= 4 is 23.2 Å². The summed E-state index contributed by atoms with van der Waals surface area (Å²) in [6.45, 7) is 1.87. The lowest BCUT2D eigenvalue weighted by atomic mass is 10.1. The lowest BCUT2D eigenvalue weighted by Crippen LogP contribution is -1.93.